The van der Waals surface area contributed by atoms with E-state index >= 15 is 0 Å². The predicted molar refractivity (Wildman–Crippen MR) is 104 cm³/mol. The molecule has 0 N–H and O–H groups in total. The number of piperidine rings is 1. The summed E-state index contributed by atoms with van der Waals surface area (Å²) < 4.78 is 5.98. The second-order valence-corrected chi connectivity index (χ2v) is 7.68. The van der Waals surface area contributed by atoms with Crippen molar-refractivity contribution < 1.29 is 9.53 Å². The van der Waals surface area contributed by atoms with Gasteiger partial charge in [-0.1, -0.05) is 6.07 Å². The third-order valence-corrected chi connectivity index (χ3v) is 5.51. The van der Waals surface area contributed by atoms with Crippen LogP contribution in [0.25, 0.3) is 0 Å². The van der Waals surface area contributed by atoms with Crippen LogP contribution in [0.4, 0.5) is 5.69 Å². The molecular formula is C21H26N4O2. The maximum absolute atomic E-state index is 13.0. The van der Waals surface area contributed by atoms with E-state index in [2.05, 4.69) is 20.9 Å². The van der Waals surface area contributed by atoms with Gasteiger partial charge in [0.2, 0.25) is 0 Å². The van der Waals surface area contributed by atoms with E-state index in [0.717, 1.165) is 43.9 Å². The lowest BCUT2D eigenvalue weighted by Gasteiger charge is -2.43. The van der Waals surface area contributed by atoms with Gasteiger partial charge in [-0.15, -0.1) is 0 Å². The van der Waals surface area contributed by atoms with E-state index in [-0.39, 0.29) is 11.3 Å². The molecule has 2 fully saturated rings. The van der Waals surface area contributed by atoms with Gasteiger partial charge in [0.1, 0.15) is 5.69 Å². The third-order valence-electron chi connectivity index (χ3n) is 5.51. The average Bonchev–Trinajstić information content (AvgIpc) is 2.91. The molecule has 2 aromatic heterocycles. The quantitative estimate of drug-likeness (QED) is 0.817. The highest BCUT2D eigenvalue weighted by Gasteiger charge is 2.40. The van der Waals surface area contributed by atoms with Crippen LogP contribution in [0.1, 0.15) is 29.0 Å². The fourth-order valence-electron chi connectivity index (χ4n) is 4.21. The molecule has 6 nitrogen and oxygen atoms in total. The van der Waals surface area contributed by atoms with Crippen LogP contribution in [0.2, 0.25) is 0 Å². The second kappa shape index (κ2) is 7.64. The molecule has 0 bridgehead atoms. The monoisotopic (exact) mass is 366 g/mol. The van der Waals surface area contributed by atoms with Crippen LogP contribution < -0.4 is 4.90 Å². The number of carbonyl (C=O) groups excluding carboxylic acids is 1. The molecule has 2 aliphatic rings. The molecule has 6 heteroatoms. The van der Waals surface area contributed by atoms with Crippen molar-refractivity contribution in [3.8, 4) is 0 Å². The van der Waals surface area contributed by atoms with E-state index in [1.807, 2.05) is 42.3 Å². The molecule has 1 spiro atoms. The van der Waals surface area contributed by atoms with Crippen molar-refractivity contribution in [3.63, 3.8) is 0 Å². The molecule has 1 atom stereocenters. The van der Waals surface area contributed by atoms with Crippen LogP contribution >= 0.6 is 0 Å². The standard InChI is InChI=1S/C21H26N4O2/c1-17-5-2-7-19(23-17)20(26)25-10-4-8-21(15-25)14-24(11-12-27-16-21)18-6-3-9-22-13-18/h2-3,5-7,9,13H,4,8,10-12,14-16H2,1H3/t21-/m0/s1. The molecule has 0 aliphatic carbocycles. The first-order valence-electron chi connectivity index (χ1n) is 9.61. The van der Waals surface area contributed by atoms with Crippen LogP contribution in [0, 0.1) is 12.3 Å². The maximum Gasteiger partial charge on any atom is 0.272 e. The summed E-state index contributed by atoms with van der Waals surface area (Å²) in [5.41, 5.74) is 2.47. The Balaban J connectivity index is 1.54. The number of hydrogen-bond acceptors (Lipinski definition) is 5. The van der Waals surface area contributed by atoms with Crippen molar-refractivity contribution in [2.24, 2.45) is 5.41 Å². The summed E-state index contributed by atoms with van der Waals surface area (Å²) in [5.74, 6) is 0.0231. The number of carbonyl (C=O) groups is 1. The highest BCUT2D eigenvalue weighted by molar-refractivity contribution is 5.92. The summed E-state index contributed by atoms with van der Waals surface area (Å²) >= 11 is 0. The van der Waals surface area contributed by atoms with Gasteiger partial charge in [-0.05, 0) is 44.0 Å². The van der Waals surface area contributed by atoms with Gasteiger partial charge < -0.3 is 14.5 Å². The van der Waals surface area contributed by atoms with Crippen molar-refractivity contribution >= 4 is 11.6 Å². The Kier molecular flexibility index (Phi) is 5.07. The fourth-order valence-corrected chi connectivity index (χ4v) is 4.21. The number of likely N-dealkylation sites (tertiary alicyclic amines) is 1. The molecule has 1 amide bonds. The van der Waals surface area contributed by atoms with Gasteiger partial charge in [-0.3, -0.25) is 9.78 Å². The molecule has 0 saturated carbocycles. The van der Waals surface area contributed by atoms with E-state index in [0.29, 0.717) is 25.5 Å². The van der Waals surface area contributed by atoms with Crippen molar-refractivity contribution in [3.05, 3.63) is 54.1 Å². The highest BCUT2D eigenvalue weighted by atomic mass is 16.5. The number of ether oxygens (including phenoxy) is 1. The largest absolute Gasteiger partial charge is 0.379 e. The number of amides is 1. The predicted octanol–water partition coefficient (Wildman–Crippen LogP) is 2.54. The Morgan fingerprint density at radius 1 is 1.19 bits per heavy atom. The molecule has 27 heavy (non-hydrogen) atoms. The van der Waals surface area contributed by atoms with E-state index < -0.39 is 0 Å². The molecule has 4 heterocycles. The van der Waals surface area contributed by atoms with Crippen LogP contribution in [0.5, 0.6) is 0 Å². The molecule has 2 aromatic rings. The summed E-state index contributed by atoms with van der Waals surface area (Å²) in [4.78, 5) is 26.0. The van der Waals surface area contributed by atoms with Gasteiger partial charge in [0, 0.05) is 43.5 Å². The van der Waals surface area contributed by atoms with Gasteiger partial charge >= 0.3 is 0 Å². The lowest BCUT2D eigenvalue weighted by atomic mass is 9.80. The van der Waals surface area contributed by atoms with Gasteiger partial charge in [-0.25, -0.2) is 4.98 Å². The molecule has 0 unspecified atom stereocenters. The van der Waals surface area contributed by atoms with Crippen LogP contribution in [0.15, 0.2) is 42.7 Å². The number of pyridine rings is 2. The summed E-state index contributed by atoms with van der Waals surface area (Å²) in [6.07, 6.45) is 5.75. The Hall–Kier alpha value is -2.47. The summed E-state index contributed by atoms with van der Waals surface area (Å²) in [6.45, 7) is 6.52. The number of aryl methyl sites for hydroxylation is 1. The number of hydrogen-bond donors (Lipinski definition) is 0. The van der Waals surface area contributed by atoms with Crippen LogP contribution in [0.3, 0.4) is 0 Å². The first-order valence-corrected chi connectivity index (χ1v) is 9.61. The third kappa shape index (κ3) is 3.95. The number of rotatable bonds is 2. The Morgan fingerprint density at radius 2 is 2.11 bits per heavy atom. The first-order chi connectivity index (χ1) is 13.2. The summed E-state index contributed by atoms with van der Waals surface area (Å²) in [6, 6.07) is 9.68. The Labute approximate surface area is 160 Å². The van der Waals surface area contributed by atoms with Gasteiger partial charge in [0.15, 0.2) is 0 Å². The highest BCUT2D eigenvalue weighted by Crippen LogP contribution is 2.34. The van der Waals surface area contributed by atoms with Crippen LogP contribution in [-0.4, -0.2) is 60.2 Å². The smallest absolute Gasteiger partial charge is 0.272 e. The molecule has 4 rings (SSSR count). The summed E-state index contributed by atoms with van der Waals surface area (Å²) in [7, 11) is 0. The van der Waals surface area contributed by atoms with E-state index in [9.17, 15) is 4.79 Å². The Morgan fingerprint density at radius 3 is 2.93 bits per heavy atom. The van der Waals surface area contributed by atoms with Gasteiger partial charge in [0.05, 0.1) is 25.1 Å². The zero-order chi connectivity index (χ0) is 18.7. The average molecular weight is 366 g/mol. The molecule has 0 aromatic carbocycles. The van der Waals surface area contributed by atoms with Gasteiger partial charge in [0.25, 0.3) is 5.91 Å². The minimum absolute atomic E-state index is 0.0231. The normalized spacial score (nSPS) is 23.3. The van der Waals surface area contributed by atoms with E-state index in [4.69, 9.17) is 4.74 Å². The maximum atomic E-state index is 13.0. The molecule has 0 radical (unpaired) electrons. The lowest BCUT2D eigenvalue weighted by Crippen LogP contribution is -2.52. The number of anilines is 1. The fraction of sp³-hybridized carbons (Fsp3) is 0.476. The van der Waals surface area contributed by atoms with Crippen molar-refractivity contribution in [1.82, 2.24) is 14.9 Å². The van der Waals surface area contributed by atoms with Crippen molar-refractivity contribution in [1.29, 1.82) is 0 Å². The molecule has 2 aliphatic heterocycles. The van der Waals surface area contributed by atoms with Crippen LogP contribution in [-0.2, 0) is 4.74 Å². The van der Waals surface area contributed by atoms with Crippen molar-refractivity contribution in [2.75, 3.05) is 44.3 Å². The van der Waals surface area contributed by atoms with E-state index in [1.165, 1.54) is 0 Å². The Bertz CT molecular complexity index is 798. The van der Waals surface area contributed by atoms with Gasteiger partial charge in [-0.2, -0.15) is 0 Å². The zero-order valence-corrected chi connectivity index (χ0v) is 15.8. The molecule has 2 saturated heterocycles. The van der Waals surface area contributed by atoms with E-state index in [1.54, 1.807) is 6.20 Å². The number of aromatic nitrogens is 2. The second-order valence-electron chi connectivity index (χ2n) is 7.68. The lowest BCUT2D eigenvalue weighted by molar-refractivity contribution is 0.0133. The topological polar surface area (TPSA) is 58.6 Å². The summed E-state index contributed by atoms with van der Waals surface area (Å²) in [5, 5.41) is 0. The molecular weight excluding hydrogens is 340 g/mol. The minimum atomic E-state index is -0.0515. The van der Waals surface area contributed by atoms with Crippen molar-refractivity contribution in [2.45, 2.75) is 19.8 Å². The zero-order valence-electron chi connectivity index (χ0n) is 15.8. The minimum Gasteiger partial charge on any atom is -0.379 e. The number of nitrogens with zero attached hydrogens (tertiary/aromatic N) is 4. The molecule has 142 valence electrons. The SMILES string of the molecule is Cc1cccc(C(=O)N2CCC[C@@]3(COCCN(c4cccnc4)C3)C2)n1. The first kappa shape index (κ1) is 17.9.